The summed E-state index contributed by atoms with van der Waals surface area (Å²) >= 11 is 1.59. The first-order chi connectivity index (χ1) is 8.15. The molecule has 3 heterocycles. The Morgan fingerprint density at radius 1 is 1.29 bits per heavy atom. The van der Waals surface area contributed by atoms with Crippen LogP contribution in [0.2, 0.25) is 0 Å². The minimum absolute atomic E-state index is 0.276. The highest BCUT2D eigenvalue weighted by atomic mass is 32.1. The summed E-state index contributed by atoms with van der Waals surface area (Å²) < 4.78 is 2.82. The van der Waals surface area contributed by atoms with E-state index in [1.165, 1.54) is 0 Å². The van der Waals surface area contributed by atoms with E-state index in [1.807, 2.05) is 36.0 Å². The first-order valence-corrected chi connectivity index (χ1v) is 6.07. The number of aryl methyl sites for hydroxylation is 2. The predicted molar refractivity (Wildman–Crippen MR) is 68.4 cm³/mol. The molecule has 0 saturated heterocycles. The Labute approximate surface area is 102 Å². The van der Waals surface area contributed by atoms with Crippen molar-refractivity contribution >= 4 is 27.5 Å². The molecule has 3 rings (SSSR count). The fourth-order valence-electron chi connectivity index (χ4n) is 1.85. The molecule has 17 heavy (non-hydrogen) atoms. The smallest absolute Gasteiger partial charge is 0.222 e. The topological polar surface area (TPSA) is 69.6 Å². The van der Waals surface area contributed by atoms with Crippen LogP contribution in [-0.2, 0) is 0 Å². The van der Waals surface area contributed by atoms with Gasteiger partial charge in [-0.1, -0.05) is 0 Å². The van der Waals surface area contributed by atoms with Crippen LogP contribution in [0.1, 0.15) is 11.4 Å². The maximum Gasteiger partial charge on any atom is 0.222 e. The van der Waals surface area contributed by atoms with Crippen molar-refractivity contribution in [2.45, 2.75) is 13.8 Å². The minimum Gasteiger partial charge on any atom is -0.368 e. The second-order valence-electron chi connectivity index (χ2n) is 3.88. The average molecular weight is 245 g/mol. The Kier molecular flexibility index (Phi) is 2.12. The van der Waals surface area contributed by atoms with Crippen molar-refractivity contribution in [1.82, 2.24) is 19.7 Å². The number of aromatic nitrogens is 4. The summed E-state index contributed by atoms with van der Waals surface area (Å²) in [4.78, 5) is 8.49. The lowest BCUT2D eigenvalue weighted by atomic mass is 10.4. The lowest BCUT2D eigenvalue weighted by Crippen LogP contribution is -2.05. The second kappa shape index (κ2) is 3.53. The maximum absolute atomic E-state index is 5.72. The fraction of sp³-hybridized carbons (Fsp3) is 0.182. The largest absolute Gasteiger partial charge is 0.368 e. The highest BCUT2D eigenvalue weighted by molar-refractivity contribution is 7.17. The quantitative estimate of drug-likeness (QED) is 0.712. The van der Waals surface area contributed by atoms with Gasteiger partial charge in [-0.2, -0.15) is 10.1 Å². The van der Waals surface area contributed by atoms with Crippen LogP contribution in [-0.4, -0.2) is 19.7 Å². The molecule has 0 radical (unpaired) electrons. The Morgan fingerprint density at radius 2 is 2.12 bits per heavy atom. The molecule has 0 aliphatic heterocycles. The van der Waals surface area contributed by atoms with Gasteiger partial charge in [0.15, 0.2) is 5.82 Å². The summed E-state index contributed by atoms with van der Waals surface area (Å²) in [5.41, 5.74) is 8.58. The van der Waals surface area contributed by atoms with Gasteiger partial charge in [0.1, 0.15) is 0 Å². The lowest BCUT2D eigenvalue weighted by Gasteiger charge is -2.05. The van der Waals surface area contributed by atoms with Crippen LogP contribution < -0.4 is 5.73 Å². The maximum atomic E-state index is 5.72. The van der Waals surface area contributed by atoms with Gasteiger partial charge in [0.25, 0.3) is 0 Å². The average Bonchev–Trinajstić information content (AvgIpc) is 2.83. The van der Waals surface area contributed by atoms with Crippen molar-refractivity contribution in [2.75, 3.05) is 5.73 Å². The normalized spacial score (nSPS) is 11.2. The molecule has 0 spiro atoms. The lowest BCUT2D eigenvalue weighted by molar-refractivity contribution is 0.813. The molecule has 0 amide bonds. The van der Waals surface area contributed by atoms with Gasteiger partial charge in [0.2, 0.25) is 5.95 Å². The Bertz CT molecular complexity index is 697. The van der Waals surface area contributed by atoms with Crippen molar-refractivity contribution in [2.24, 2.45) is 0 Å². The van der Waals surface area contributed by atoms with Crippen molar-refractivity contribution < 1.29 is 0 Å². The zero-order valence-electron chi connectivity index (χ0n) is 9.51. The summed E-state index contributed by atoms with van der Waals surface area (Å²) in [7, 11) is 0. The van der Waals surface area contributed by atoms with Crippen LogP contribution in [0.25, 0.3) is 16.0 Å². The molecule has 6 heteroatoms. The molecule has 0 saturated carbocycles. The van der Waals surface area contributed by atoms with Gasteiger partial charge in [-0.3, -0.25) is 0 Å². The van der Waals surface area contributed by atoms with Gasteiger partial charge >= 0.3 is 0 Å². The Balaban J connectivity index is 2.36. The summed E-state index contributed by atoms with van der Waals surface area (Å²) in [6.07, 6.45) is 0. The number of fused-ring (bicyclic) bond motifs is 1. The van der Waals surface area contributed by atoms with Crippen molar-refractivity contribution in [3.63, 3.8) is 0 Å². The monoisotopic (exact) mass is 245 g/mol. The molecule has 0 bridgehead atoms. The van der Waals surface area contributed by atoms with E-state index in [1.54, 1.807) is 11.3 Å². The number of nitrogen functional groups attached to an aromatic ring is 1. The number of nitrogens with zero attached hydrogens (tertiary/aromatic N) is 4. The summed E-state index contributed by atoms with van der Waals surface area (Å²) in [5.74, 6) is 1.03. The molecule has 3 aromatic heterocycles. The van der Waals surface area contributed by atoms with Gasteiger partial charge in [0.05, 0.1) is 15.9 Å². The van der Waals surface area contributed by atoms with E-state index in [0.29, 0.717) is 0 Å². The number of rotatable bonds is 1. The zero-order valence-corrected chi connectivity index (χ0v) is 10.3. The van der Waals surface area contributed by atoms with Crippen molar-refractivity contribution in [3.05, 3.63) is 28.9 Å². The van der Waals surface area contributed by atoms with Crippen LogP contribution in [0.15, 0.2) is 17.5 Å². The molecule has 0 aromatic carbocycles. The molecule has 2 N–H and O–H groups in total. The van der Waals surface area contributed by atoms with Crippen LogP contribution >= 0.6 is 11.3 Å². The molecule has 0 atom stereocenters. The van der Waals surface area contributed by atoms with Gasteiger partial charge in [-0.25, -0.2) is 9.67 Å². The summed E-state index contributed by atoms with van der Waals surface area (Å²) in [6.45, 7) is 3.96. The Hall–Kier alpha value is -1.95. The molecular formula is C11H11N5S. The zero-order chi connectivity index (χ0) is 12.0. The first kappa shape index (κ1) is 10.2. The van der Waals surface area contributed by atoms with Gasteiger partial charge < -0.3 is 5.73 Å². The predicted octanol–water partition coefficient (Wildman–Crippen LogP) is 2.08. The standard InChI is InChI=1S/C11H11N5S/c1-6-5-7(2)16(15-6)10-9-8(3-4-17-9)13-11(12)14-10/h3-5H,1-2H3,(H2,12,13,14). The van der Waals surface area contributed by atoms with Crippen LogP contribution in [0.4, 0.5) is 5.95 Å². The number of anilines is 1. The number of nitrogens with two attached hydrogens (primary N) is 1. The number of hydrogen-bond acceptors (Lipinski definition) is 5. The molecule has 0 unspecified atom stereocenters. The third-order valence-electron chi connectivity index (χ3n) is 2.51. The molecule has 86 valence electrons. The van der Waals surface area contributed by atoms with Crippen LogP contribution in [0.5, 0.6) is 0 Å². The molecule has 3 aromatic rings. The van der Waals surface area contributed by atoms with E-state index in [2.05, 4.69) is 15.1 Å². The third kappa shape index (κ3) is 1.57. The Morgan fingerprint density at radius 3 is 2.82 bits per heavy atom. The highest BCUT2D eigenvalue weighted by Gasteiger charge is 2.12. The first-order valence-electron chi connectivity index (χ1n) is 5.19. The van der Waals surface area contributed by atoms with Gasteiger partial charge in [-0.05, 0) is 31.4 Å². The van der Waals surface area contributed by atoms with Gasteiger partial charge in [0, 0.05) is 5.69 Å². The van der Waals surface area contributed by atoms with Crippen molar-refractivity contribution in [1.29, 1.82) is 0 Å². The molecular weight excluding hydrogens is 234 g/mol. The van der Waals surface area contributed by atoms with E-state index in [9.17, 15) is 0 Å². The second-order valence-corrected chi connectivity index (χ2v) is 4.80. The van der Waals surface area contributed by atoms with E-state index in [-0.39, 0.29) is 5.95 Å². The van der Waals surface area contributed by atoms with E-state index in [4.69, 9.17) is 5.73 Å². The molecule has 0 fully saturated rings. The van der Waals surface area contributed by atoms with Crippen LogP contribution in [0.3, 0.4) is 0 Å². The van der Waals surface area contributed by atoms with E-state index in [0.717, 1.165) is 27.4 Å². The highest BCUT2D eigenvalue weighted by Crippen LogP contribution is 2.26. The number of hydrogen-bond donors (Lipinski definition) is 1. The van der Waals surface area contributed by atoms with Crippen LogP contribution in [0, 0.1) is 13.8 Å². The molecule has 0 aliphatic rings. The summed E-state index contributed by atoms with van der Waals surface area (Å²) in [6, 6.07) is 3.95. The number of thiophene rings is 1. The minimum atomic E-state index is 0.276. The van der Waals surface area contributed by atoms with E-state index >= 15 is 0 Å². The fourth-order valence-corrected chi connectivity index (χ4v) is 2.66. The SMILES string of the molecule is Cc1cc(C)n(-c2nc(N)nc3ccsc23)n1. The molecule has 5 nitrogen and oxygen atoms in total. The summed E-state index contributed by atoms with van der Waals surface area (Å²) in [5, 5.41) is 6.41. The van der Waals surface area contributed by atoms with Gasteiger partial charge in [-0.15, -0.1) is 11.3 Å². The third-order valence-corrected chi connectivity index (χ3v) is 3.41. The van der Waals surface area contributed by atoms with Crippen molar-refractivity contribution in [3.8, 4) is 5.82 Å². The molecule has 0 aliphatic carbocycles. The van der Waals surface area contributed by atoms with E-state index < -0.39 is 0 Å².